The van der Waals surface area contributed by atoms with Gasteiger partial charge in [0.1, 0.15) is 6.04 Å². The number of carboxylic acid groups (broad SMARTS) is 2. The van der Waals surface area contributed by atoms with E-state index in [1.54, 1.807) is 0 Å². The van der Waals surface area contributed by atoms with Gasteiger partial charge >= 0.3 is 41.5 Å². The van der Waals surface area contributed by atoms with Gasteiger partial charge in [-0.2, -0.15) is 0 Å². The third-order valence-electron chi connectivity index (χ3n) is 1.14. The summed E-state index contributed by atoms with van der Waals surface area (Å²) < 4.78 is 0. The molecule has 1 fully saturated rings. The molecule has 0 aromatic carbocycles. The van der Waals surface area contributed by atoms with E-state index in [-0.39, 0.29) is 35.0 Å². The summed E-state index contributed by atoms with van der Waals surface area (Å²) in [4.78, 5) is 19.6. The minimum atomic E-state index is -1.29. The minimum Gasteiger partial charge on any atom is -0.870 e. The van der Waals surface area contributed by atoms with Gasteiger partial charge < -0.3 is 21.4 Å². The summed E-state index contributed by atoms with van der Waals surface area (Å²) >= 11 is 6.40. The quantitative estimate of drug-likeness (QED) is 0.393. The van der Waals surface area contributed by atoms with Gasteiger partial charge in [0.25, 0.3) is 0 Å². The summed E-state index contributed by atoms with van der Waals surface area (Å²) in [7, 11) is 0. The Labute approximate surface area is 146 Å². The second-order valence-corrected chi connectivity index (χ2v) is 4.57. The number of alkyl halides is 2. The molecule has 1 rings (SSSR count). The second-order valence-electron chi connectivity index (χ2n) is 2.98. The molecule has 0 aromatic heterocycles. The first-order valence-electron chi connectivity index (χ1n) is 4.77. The van der Waals surface area contributed by atoms with Crippen LogP contribution in [-0.4, -0.2) is 44.3 Å². The van der Waals surface area contributed by atoms with Crippen LogP contribution in [0.3, 0.4) is 0 Å². The molecular weight excluding hydrogens is 385 g/mol. The number of nitrogens with two attached hydrogens (primary N) is 1. The number of hydrogen-bond acceptors (Lipinski definition) is 4. The number of aliphatic carboxylic acids is 2. The maximum Gasteiger partial charge on any atom is 1.00 e. The smallest absolute Gasteiger partial charge is 0.870 e. The fourth-order valence-electron chi connectivity index (χ4n) is 0.275. The van der Waals surface area contributed by atoms with Crippen molar-refractivity contribution in [3.63, 3.8) is 0 Å². The Kier molecular flexibility index (Phi) is 30.5. The van der Waals surface area contributed by atoms with Crippen molar-refractivity contribution in [3.05, 3.63) is 0 Å². The van der Waals surface area contributed by atoms with Crippen LogP contribution in [0.4, 0.5) is 0 Å². The van der Waals surface area contributed by atoms with Crippen molar-refractivity contribution in [3.8, 4) is 0 Å². The van der Waals surface area contributed by atoms with Gasteiger partial charge in [0.05, 0.1) is 6.42 Å². The molecule has 0 aliphatic heterocycles. The van der Waals surface area contributed by atoms with E-state index in [1.807, 2.05) is 0 Å². The van der Waals surface area contributed by atoms with E-state index in [4.69, 9.17) is 15.9 Å². The van der Waals surface area contributed by atoms with E-state index in [0.717, 1.165) is 10.7 Å². The van der Waals surface area contributed by atoms with Crippen LogP contribution in [0.15, 0.2) is 0 Å². The molecule has 0 amide bonds. The summed E-state index contributed by atoms with van der Waals surface area (Å²) in [5.74, 6) is -2.50. The van der Waals surface area contributed by atoms with Crippen molar-refractivity contribution in [1.82, 2.24) is 0 Å². The number of hydrogen-bond donors (Lipinski definition) is 3. The standard InChI is InChI=1S/C4H7NO4.C3H6.C2H4Br2.Na.H2O/c5-2(4(8)9)1-3(6)7;1-2-3-1;3-1-2-4;;/h2H,1,5H2,(H,6,7)(H,8,9);1-3H2;1-2H2;;1H2/q;;;+1;/p-1. The van der Waals surface area contributed by atoms with E-state index in [2.05, 4.69) is 31.9 Å². The SMILES string of the molecule is BrCCBr.C1CC1.NC(CC(=O)O)C(=O)O.[Na+].[OH-]. The minimum absolute atomic E-state index is 0. The fraction of sp³-hybridized carbons (Fsp3) is 0.778. The molecule has 18 heavy (non-hydrogen) atoms. The Morgan fingerprint density at radius 3 is 1.50 bits per heavy atom. The molecule has 0 radical (unpaired) electrons. The molecule has 1 saturated carbocycles. The molecule has 0 spiro atoms. The van der Waals surface area contributed by atoms with Crippen LogP contribution in [0.1, 0.15) is 25.7 Å². The van der Waals surface area contributed by atoms with Crippen LogP contribution in [0.5, 0.6) is 0 Å². The van der Waals surface area contributed by atoms with Gasteiger partial charge in [-0.3, -0.25) is 9.59 Å². The largest absolute Gasteiger partial charge is 1.00 e. The van der Waals surface area contributed by atoms with Gasteiger partial charge in [0.2, 0.25) is 0 Å². The number of rotatable bonds is 4. The molecule has 0 saturated heterocycles. The Morgan fingerprint density at radius 2 is 1.44 bits per heavy atom. The predicted octanol–water partition coefficient (Wildman–Crippen LogP) is -1.35. The van der Waals surface area contributed by atoms with Crippen LogP contribution in [0.25, 0.3) is 0 Å². The molecule has 5 N–H and O–H groups in total. The van der Waals surface area contributed by atoms with Crippen LogP contribution < -0.4 is 35.3 Å². The molecule has 1 unspecified atom stereocenters. The van der Waals surface area contributed by atoms with Crippen molar-refractivity contribution in [2.45, 2.75) is 31.7 Å². The van der Waals surface area contributed by atoms with Crippen LogP contribution in [-0.2, 0) is 9.59 Å². The number of halogens is 2. The van der Waals surface area contributed by atoms with Gasteiger partial charge in [-0.1, -0.05) is 51.1 Å². The van der Waals surface area contributed by atoms with E-state index in [9.17, 15) is 9.59 Å². The van der Waals surface area contributed by atoms with Crippen molar-refractivity contribution >= 4 is 43.8 Å². The zero-order valence-corrected chi connectivity index (χ0v) is 15.5. The first-order chi connectivity index (χ1) is 7.45. The average Bonchev–Trinajstić information content (AvgIpc) is 3.04. The van der Waals surface area contributed by atoms with Gasteiger partial charge in [0, 0.05) is 10.7 Å². The van der Waals surface area contributed by atoms with Crippen LogP contribution in [0, 0.1) is 0 Å². The van der Waals surface area contributed by atoms with Crippen LogP contribution >= 0.6 is 31.9 Å². The van der Waals surface area contributed by atoms with Gasteiger partial charge in [0.15, 0.2) is 0 Å². The van der Waals surface area contributed by atoms with E-state index < -0.39 is 24.4 Å². The van der Waals surface area contributed by atoms with Gasteiger partial charge in [-0.25, -0.2) is 0 Å². The van der Waals surface area contributed by atoms with Crippen molar-refractivity contribution in [2.75, 3.05) is 10.7 Å². The van der Waals surface area contributed by atoms with Crippen LogP contribution in [0.2, 0.25) is 0 Å². The zero-order chi connectivity index (χ0) is 13.0. The zero-order valence-electron chi connectivity index (χ0n) is 10.3. The second kappa shape index (κ2) is 20.1. The summed E-state index contributed by atoms with van der Waals surface area (Å²) in [6.07, 6.45) is 3.97. The Bertz CT molecular complexity index is 203. The van der Waals surface area contributed by atoms with Crippen molar-refractivity contribution < 1.29 is 54.8 Å². The summed E-state index contributed by atoms with van der Waals surface area (Å²) in [6, 6.07) is -1.29. The first kappa shape index (κ1) is 27.2. The maximum absolute atomic E-state index is 9.85. The number of carbonyl (C=O) groups is 2. The molecule has 6 nitrogen and oxygen atoms in total. The summed E-state index contributed by atoms with van der Waals surface area (Å²) in [6.45, 7) is 0. The Hall–Kier alpha value is 0.820. The molecule has 9 heteroatoms. The summed E-state index contributed by atoms with van der Waals surface area (Å²) in [5, 5.41) is 18.1. The molecule has 1 aliphatic carbocycles. The molecule has 0 aromatic rings. The third kappa shape index (κ3) is 36.0. The number of carboxylic acids is 2. The van der Waals surface area contributed by atoms with E-state index in [1.165, 1.54) is 19.3 Å². The van der Waals surface area contributed by atoms with E-state index >= 15 is 0 Å². The van der Waals surface area contributed by atoms with Gasteiger partial charge in [-0.05, 0) is 0 Å². The fourth-order valence-corrected chi connectivity index (χ4v) is 0.275. The molecule has 1 aliphatic rings. The van der Waals surface area contributed by atoms with E-state index in [0.29, 0.717) is 0 Å². The Balaban J connectivity index is -0.0000000912. The molecule has 0 heterocycles. The molecule has 1 atom stereocenters. The molecular formula is C9H18Br2NNaO5. The Morgan fingerprint density at radius 1 is 1.11 bits per heavy atom. The third-order valence-corrected chi connectivity index (χ3v) is 2.99. The average molecular weight is 403 g/mol. The summed E-state index contributed by atoms with van der Waals surface area (Å²) in [5.41, 5.74) is 4.84. The maximum atomic E-state index is 9.85. The molecule has 0 bridgehead atoms. The predicted molar refractivity (Wildman–Crippen MR) is 71.2 cm³/mol. The monoisotopic (exact) mass is 401 g/mol. The molecule has 104 valence electrons. The van der Waals surface area contributed by atoms with Gasteiger partial charge in [-0.15, -0.1) is 0 Å². The topological polar surface area (TPSA) is 131 Å². The van der Waals surface area contributed by atoms with Crippen molar-refractivity contribution in [2.24, 2.45) is 5.73 Å². The van der Waals surface area contributed by atoms with Crippen molar-refractivity contribution in [1.29, 1.82) is 0 Å². The first-order valence-corrected chi connectivity index (χ1v) is 7.02. The normalized spacial score (nSPS) is 11.9.